The molecule has 2 aromatic heterocycles. The van der Waals surface area contributed by atoms with Gasteiger partial charge in [0.2, 0.25) is 0 Å². The fraction of sp³-hybridized carbons (Fsp3) is 0.364. The van der Waals surface area contributed by atoms with Gasteiger partial charge in [0.05, 0.1) is 21.8 Å². The number of aryl methyl sites for hydroxylation is 1. The van der Waals surface area contributed by atoms with E-state index in [1.165, 1.54) is 12.5 Å². The van der Waals surface area contributed by atoms with Crippen molar-refractivity contribution < 1.29 is 14.3 Å². The molecule has 1 aliphatic heterocycles. The number of amides is 1. The summed E-state index contributed by atoms with van der Waals surface area (Å²) in [7, 11) is 0. The second kappa shape index (κ2) is 14.0. The average molecular weight is 685 g/mol. The Bertz CT molecular complexity index is 1760. The zero-order valence-electron chi connectivity index (χ0n) is 24.7. The number of hydrogen-bond donors (Lipinski definition) is 1. The number of carbonyl (C=O) groups excluding carboxylic acids is 2. The Labute approximate surface area is 280 Å². The summed E-state index contributed by atoms with van der Waals surface area (Å²) in [5.41, 5.74) is 2.85. The molecule has 45 heavy (non-hydrogen) atoms. The largest absolute Gasteiger partial charge is 0.462 e. The number of rotatable bonds is 9. The van der Waals surface area contributed by atoms with Gasteiger partial charge in [0, 0.05) is 33.0 Å². The maximum atomic E-state index is 13.6. The van der Waals surface area contributed by atoms with E-state index in [2.05, 4.69) is 28.5 Å². The quantitative estimate of drug-likeness (QED) is 0.179. The predicted molar refractivity (Wildman–Crippen MR) is 178 cm³/mol. The Morgan fingerprint density at radius 2 is 1.80 bits per heavy atom. The van der Waals surface area contributed by atoms with Gasteiger partial charge in [-0.1, -0.05) is 66.3 Å². The zero-order chi connectivity index (χ0) is 31.5. The number of nitrogens with one attached hydrogen (secondary N) is 1. The Morgan fingerprint density at radius 3 is 2.56 bits per heavy atom. The number of benzene rings is 2. The first-order chi connectivity index (χ1) is 21.8. The summed E-state index contributed by atoms with van der Waals surface area (Å²) in [6.07, 6.45) is 6.19. The highest BCUT2D eigenvalue weighted by Gasteiger charge is 2.31. The molecule has 4 aromatic rings. The highest BCUT2D eigenvalue weighted by atomic mass is 35.5. The van der Waals surface area contributed by atoms with E-state index in [4.69, 9.17) is 44.5 Å². The van der Waals surface area contributed by atoms with Crippen molar-refractivity contribution in [1.82, 2.24) is 20.1 Å². The molecule has 1 atom stereocenters. The van der Waals surface area contributed by atoms with Crippen LogP contribution >= 0.6 is 46.1 Å². The van der Waals surface area contributed by atoms with E-state index in [0.717, 1.165) is 58.8 Å². The highest BCUT2D eigenvalue weighted by molar-refractivity contribution is 7.15. The number of nitrogens with zero attached hydrogens (tertiary/aromatic N) is 4. The van der Waals surface area contributed by atoms with E-state index in [9.17, 15) is 9.59 Å². The van der Waals surface area contributed by atoms with Gasteiger partial charge < -0.3 is 10.1 Å². The third-order valence-corrected chi connectivity index (χ3v) is 10.5. The Kier molecular flexibility index (Phi) is 9.90. The Hall–Kier alpha value is -3.24. The maximum absolute atomic E-state index is 13.6. The van der Waals surface area contributed by atoms with E-state index in [1.54, 1.807) is 23.5 Å². The van der Waals surface area contributed by atoms with Crippen LogP contribution in [0.2, 0.25) is 15.1 Å². The van der Waals surface area contributed by atoms with Gasteiger partial charge in [-0.15, -0.1) is 21.5 Å². The van der Waals surface area contributed by atoms with Crippen molar-refractivity contribution in [3.05, 3.63) is 96.8 Å². The molecule has 0 unspecified atom stereocenters. The molecule has 6 rings (SSSR count). The highest BCUT2D eigenvalue weighted by Crippen LogP contribution is 2.36. The molecule has 0 saturated heterocycles. The first-order valence-electron chi connectivity index (χ1n) is 15.1. The first-order valence-corrected chi connectivity index (χ1v) is 17.1. The minimum atomic E-state index is -0.672. The normalized spacial score (nSPS) is 15.4. The van der Waals surface area contributed by atoms with Gasteiger partial charge >= 0.3 is 5.97 Å². The molecule has 1 amide bonds. The second-order valence-electron chi connectivity index (χ2n) is 11.2. The van der Waals surface area contributed by atoms with Crippen LogP contribution in [-0.2, 0) is 22.5 Å². The molecule has 3 heterocycles. The van der Waals surface area contributed by atoms with Gasteiger partial charge in [-0.25, -0.2) is 0 Å². The molecule has 0 bridgehead atoms. The summed E-state index contributed by atoms with van der Waals surface area (Å²) in [5, 5.41) is 14.3. The molecule has 2 aliphatic rings. The molecule has 0 spiro atoms. The standard InChI is InChI=1S/C33H32Cl3N5O3S/c1-2-21-17-23-30(22-10-6-7-11-24(22)34)37-18-28-39-40-31(41(28)33(23)45-21)27(14-15-29(42)44-20-8-4-3-5-9-20)38-32(43)19-12-13-25(35)26(36)16-19/h6-7,10-13,16-17,20,27H,2-5,8-9,14-15,18H2,1H3,(H,38,43)/t27-/m1/s1. The fourth-order valence-electron chi connectivity index (χ4n) is 5.77. The van der Waals surface area contributed by atoms with Crippen molar-refractivity contribution >= 4 is 63.7 Å². The summed E-state index contributed by atoms with van der Waals surface area (Å²) in [6.45, 7) is 2.36. The number of fused-ring (bicyclic) bond motifs is 3. The molecular weight excluding hydrogens is 653 g/mol. The molecular formula is C33H32Cl3N5O3S. The van der Waals surface area contributed by atoms with Crippen molar-refractivity contribution in [2.24, 2.45) is 4.99 Å². The van der Waals surface area contributed by atoms with Gasteiger partial charge in [-0.2, -0.15) is 0 Å². The van der Waals surface area contributed by atoms with E-state index in [1.807, 2.05) is 28.8 Å². The van der Waals surface area contributed by atoms with E-state index in [-0.39, 0.29) is 42.4 Å². The zero-order valence-corrected chi connectivity index (χ0v) is 27.8. The number of carbonyl (C=O) groups is 2. The summed E-state index contributed by atoms with van der Waals surface area (Å²) >= 11 is 20.6. The average Bonchev–Trinajstić information content (AvgIpc) is 3.63. The van der Waals surface area contributed by atoms with Crippen molar-refractivity contribution in [1.29, 1.82) is 0 Å². The first kappa shape index (κ1) is 31.7. The lowest BCUT2D eigenvalue weighted by Crippen LogP contribution is -2.31. The summed E-state index contributed by atoms with van der Waals surface area (Å²) in [6, 6.07) is 13.8. The number of halogens is 3. The lowest BCUT2D eigenvalue weighted by Gasteiger charge is -2.23. The van der Waals surface area contributed by atoms with Crippen LogP contribution in [0.25, 0.3) is 5.00 Å². The van der Waals surface area contributed by atoms with Gasteiger partial charge in [0.25, 0.3) is 5.91 Å². The third kappa shape index (κ3) is 6.97. The van der Waals surface area contributed by atoms with Gasteiger partial charge in [-0.05, 0) is 68.9 Å². The van der Waals surface area contributed by atoms with Crippen molar-refractivity contribution in [3.8, 4) is 5.00 Å². The molecule has 2 aromatic carbocycles. The number of esters is 1. The minimum absolute atomic E-state index is 0.0543. The number of ether oxygens (including phenoxy) is 1. The van der Waals surface area contributed by atoms with Crippen molar-refractivity contribution in [2.75, 3.05) is 0 Å². The molecule has 1 N–H and O–H groups in total. The molecule has 12 heteroatoms. The van der Waals surface area contributed by atoms with Gasteiger partial charge in [-0.3, -0.25) is 19.1 Å². The Balaban J connectivity index is 1.36. The number of aromatic nitrogens is 3. The lowest BCUT2D eigenvalue weighted by atomic mass is 9.98. The summed E-state index contributed by atoms with van der Waals surface area (Å²) in [4.78, 5) is 32.7. The van der Waals surface area contributed by atoms with Crippen LogP contribution in [0, 0.1) is 0 Å². The van der Waals surface area contributed by atoms with Crippen LogP contribution in [-0.4, -0.2) is 38.5 Å². The number of thiophene rings is 1. The fourth-order valence-corrected chi connectivity index (χ4v) is 7.42. The van der Waals surface area contributed by atoms with Crippen LogP contribution in [0.15, 0.2) is 53.5 Å². The lowest BCUT2D eigenvalue weighted by molar-refractivity contribution is -0.150. The monoisotopic (exact) mass is 683 g/mol. The van der Waals surface area contributed by atoms with Crippen LogP contribution in [0.5, 0.6) is 0 Å². The summed E-state index contributed by atoms with van der Waals surface area (Å²) < 4.78 is 7.77. The van der Waals surface area contributed by atoms with Crippen LogP contribution in [0.4, 0.5) is 0 Å². The predicted octanol–water partition coefficient (Wildman–Crippen LogP) is 8.33. The molecule has 234 valence electrons. The minimum Gasteiger partial charge on any atom is -0.462 e. The van der Waals surface area contributed by atoms with Gasteiger partial charge in [0.1, 0.15) is 17.6 Å². The number of aliphatic imine (C=N–C) groups is 1. The van der Waals surface area contributed by atoms with Crippen molar-refractivity contribution in [2.45, 2.75) is 77.0 Å². The topological polar surface area (TPSA) is 98.5 Å². The van der Waals surface area contributed by atoms with Crippen LogP contribution < -0.4 is 5.32 Å². The Morgan fingerprint density at radius 1 is 1.00 bits per heavy atom. The smallest absolute Gasteiger partial charge is 0.306 e. The third-order valence-electron chi connectivity index (χ3n) is 8.12. The number of hydrogen-bond acceptors (Lipinski definition) is 7. The molecule has 1 aliphatic carbocycles. The van der Waals surface area contributed by atoms with Crippen LogP contribution in [0.3, 0.4) is 0 Å². The van der Waals surface area contributed by atoms with Crippen molar-refractivity contribution in [3.63, 3.8) is 0 Å². The molecule has 8 nitrogen and oxygen atoms in total. The van der Waals surface area contributed by atoms with E-state index >= 15 is 0 Å². The molecule has 1 saturated carbocycles. The van der Waals surface area contributed by atoms with E-state index in [0.29, 0.717) is 27.3 Å². The maximum Gasteiger partial charge on any atom is 0.306 e. The summed E-state index contributed by atoms with van der Waals surface area (Å²) in [5.74, 6) is 0.459. The second-order valence-corrected chi connectivity index (χ2v) is 13.5. The molecule has 0 radical (unpaired) electrons. The van der Waals surface area contributed by atoms with Crippen LogP contribution in [0.1, 0.15) is 95.9 Å². The molecule has 1 fully saturated rings. The SMILES string of the molecule is CCc1cc2c(s1)-n1c(nnc1[C@@H](CCC(=O)OC1CCCCC1)NC(=O)c1ccc(Cl)c(Cl)c1)CN=C2c1ccccc1Cl. The van der Waals surface area contributed by atoms with Gasteiger partial charge in [0.15, 0.2) is 11.6 Å². The van der Waals surface area contributed by atoms with E-state index < -0.39 is 6.04 Å².